The average Bonchev–Trinajstić information content (AvgIpc) is 3.63. The van der Waals surface area contributed by atoms with E-state index in [-0.39, 0.29) is 89.1 Å². The fraction of sp³-hybridized carbons (Fsp3) is 0.352. The van der Waals surface area contributed by atoms with Crippen molar-refractivity contribution in [3.63, 3.8) is 0 Å². The van der Waals surface area contributed by atoms with Gasteiger partial charge in [0.05, 0.1) is 48.8 Å². The van der Waals surface area contributed by atoms with Gasteiger partial charge in [0.2, 0.25) is 5.13 Å². The van der Waals surface area contributed by atoms with Crippen molar-refractivity contribution in [2.24, 2.45) is 10.2 Å². The van der Waals surface area contributed by atoms with Crippen LogP contribution in [0.3, 0.4) is 0 Å². The van der Waals surface area contributed by atoms with E-state index in [4.69, 9.17) is 35.5 Å². The maximum Gasteiger partial charge on any atom is 0.295 e. The third-order valence-electron chi connectivity index (χ3n) is 13.3. The second kappa shape index (κ2) is 23.0. The van der Waals surface area contributed by atoms with Crippen molar-refractivity contribution >= 4 is 125 Å². The summed E-state index contributed by atoms with van der Waals surface area (Å²) in [6.07, 6.45) is 0. The maximum absolute atomic E-state index is 13.6. The van der Waals surface area contributed by atoms with Crippen molar-refractivity contribution < 1.29 is 53.5 Å². The zero-order chi connectivity index (χ0) is 60.5. The van der Waals surface area contributed by atoms with Gasteiger partial charge in [-0.25, -0.2) is 20.2 Å². The minimum absolute atomic E-state index is 0.0110. The molecule has 0 atom stereocenters. The number of aromatic nitrogens is 5. The van der Waals surface area contributed by atoms with Gasteiger partial charge in [0, 0.05) is 21.6 Å². The van der Waals surface area contributed by atoms with Gasteiger partial charge in [-0.2, -0.15) is 40.3 Å². The molecule has 4 aromatic heterocycles. The maximum atomic E-state index is 13.6. The molecule has 8 aromatic rings. The molecule has 4 heterocycles. The van der Waals surface area contributed by atoms with Crippen LogP contribution in [0.5, 0.6) is 0 Å². The molecule has 0 fully saturated rings. The highest BCUT2D eigenvalue weighted by atomic mass is 32.2. The molecular weight excluding hydrogens is 1170 g/mol. The van der Waals surface area contributed by atoms with Crippen LogP contribution < -0.4 is 10.2 Å². The molecule has 0 radical (unpaired) electrons. The highest BCUT2D eigenvalue weighted by Gasteiger charge is 2.35. The number of nitriles is 1. The highest BCUT2D eigenvalue weighted by molar-refractivity contribution is 7.94. The lowest BCUT2D eigenvalue weighted by atomic mass is 9.89. The number of aryl methyl sites for hydroxylation is 3. The molecule has 8 rings (SSSR count). The SMILES string of the molecule is Cc1cc(N(c2nc3ccc(S(=O)(=O)O)cc3s2)c2c(C(C)C)cc(C)c(S(=O)(=O)O)c2C(C)C)nc(Nc2c(C(C)C)cc(C)c(S(=O)(=O)O)c2C(C)C)c1N=Nc1c(C#N)c(C(C)(C)C)nn1-c1nc2ccc(SOOO)cc2s1. The summed E-state index contributed by atoms with van der Waals surface area (Å²) in [4.78, 5) is 16.2. The second-order valence-corrected chi connectivity index (χ2v) is 28.7. The molecule has 0 saturated heterocycles. The van der Waals surface area contributed by atoms with Gasteiger partial charge in [0.1, 0.15) is 32.9 Å². The van der Waals surface area contributed by atoms with Gasteiger partial charge in [0.15, 0.2) is 16.8 Å². The fourth-order valence-corrected chi connectivity index (χ4v) is 14.9. The molecule has 0 aliphatic rings. The van der Waals surface area contributed by atoms with Crippen molar-refractivity contribution in [1.29, 1.82) is 5.26 Å². The van der Waals surface area contributed by atoms with Crippen molar-refractivity contribution in [3.8, 4) is 11.2 Å². The summed E-state index contributed by atoms with van der Waals surface area (Å²) >= 11 is 2.99. The van der Waals surface area contributed by atoms with E-state index in [1.165, 1.54) is 34.2 Å². The predicted octanol–water partition coefficient (Wildman–Crippen LogP) is 14.9. The smallest absolute Gasteiger partial charge is 0.295 e. The molecule has 4 aromatic carbocycles. The number of thiazole rings is 2. The summed E-state index contributed by atoms with van der Waals surface area (Å²) < 4.78 is 118. The Morgan fingerprint density at radius 2 is 1.30 bits per heavy atom. The molecule has 0 aliphatic carbocycles. The number of anilines is 5. The number of fused-ring (bicyclic) bond motifs is 2. The highest BCUT2D eigenvalue weighted by Crippen LogP contribution is 2.51. The summed E-state index contributed by atoms with van der Waals surface area (Å²) in [6.45, 7) is 25.3. The van der Waals surface area contributed by atoms with E-state index in [1.807, 2.05) is 48.5 Å². The Bertz CT molecular complexity index is 4290. The summed E-state index contributed by atoms with van der Waals surface area (Å²) in [6, 6.07) is 16.3. The first-order valence-electron chi connectivity index (χ1n) is 25.4. The van der Waals surface area contributed by atoms with Gasteiger partial charge in [-0.15, -0.1) is 14.6 Å². The summed E-state index contributed by atoms with van der Waals surface area (Å²) in [5, 5.41) is 42.0. The van der Waals surface area contributed by atoms with E-state index in [9.17, 15) is 44.2 Å². The molecule has 0 bridgehead atoms. The lowest BCUT2D eigenvalue weighted by Gasteiger charge is -2.32. The lowest BCUT2D eigenvalue weighted by Crippen LogP contribution is -2.20. The molecule has 28 heteroatoms. The number of benzene rings is 4. The molecule has 22 nitrogen and oxygen atoms in total. The molecule has 0 aliphatic heterocycles. The van der Waals surface area contributed by atoms with E-state index >= 15 is 0 Å². The van der Waals surface area contributed by atoms with Crippen LogP contribution >= 0.6 is 34.7 Å². The van der Waals surface area contributed by atoms with Gasteiger partial charge < -0.3 is 5.32 Å². The van der Waals surface area contributed by atoms with Crippen LogP contribution in [0.2, 0.25) is 0 Å². The van der Waals surface area contributed by atoms with Crippen LogP contribution in [0.25, 0.3) is 25.6 Å². The summed E-state index contributed by atoms with van der Waals surface area (Å²) in [5.41, 5.74) is 3.77. The fourth-order valence-electron chi connectivity index (χ4n) is 9.75. The third kappa shape index (κ3) is 12.2. The minimum Gasteiger partial charge on any atom is -0.338 e. The Morgan fingerprint density at radius 3 is 1.87 bits per heavy atom. The predicted molar refractivity (Wildman–Crippen MR) is 317 cm³/mol. The van der Waals surface area contributed by atoms with Gasteiger partial charge in [-0.3, -0.25) is 18.6 Å². The molecule has 0 amide bonds. The molecule has 0 spiro atoms. The van der Waals surface area contributed by atoms with E-state index in [0.29, 0.717) is 52.8 Å². The van der Waals surface area contributed by atoms with Crippen LogP contribution in [0.1, 0.15) is 150 Å². The zero-order valence-electron chi connectivity index (χ0n) is 47.0. The van der Waals surface area contributed by atoms with Gasteiger partial charge in [-0.05, 0) is 120 Å². The number of pyridine rings is 1. The lowest BCUT2D eigenvalue weighted by molar-refractivity contribution is -0.432. The topological polar surface area (TPSA) is 322 Å². The summed E-state index contributed by atoms with van der Waals surface area (Å²) in [5.74, 6) is -1.73. The Kier molecular flexibility index (Phi) is 17.3. The Morgan fingerprint density at radius 1 is 0.720 bits per heavy atom. The largest absolute Gasteiger partial charge is 0.338 e. The summed E-state index contributed by atoms with van der Waals surface area (Å²) in [7, 11) is -14.5. The van der Waals surface area contributed by atoms with Crippen molar-refractivity contribution in [2.45, 2.75) is 146 Å². The molecule has 0 saturated carbocycles. The van der Waals surface area contributed by atoms with Gasteiger partial charge >= 0.3 is 0 Å². The Labute approximate surface area is 487 Å². The quantitative estimate of drug-likeness (QED) is 0.0175. The first-order chi connectivity index (χ1) is 38.2. The van der Waals surface area contributed by atoms with Crippen LogP contribution in [0.4, 0.5) is 39.6 Å². The van der Waals surface area contributed by atoms with Crippen molar-refractivity contribution in [2.75, 3.05) is 10.2 Å². The van der Waals surface area contributed by atoms with Gasteiger partial charge in [-0.1, -0.05) is 116 Å². The number of rotatable bonds is 18. The first-order valence-corrected chi connectivity index (χ1v) is 32.1. The van der Waals surface area contributed by atoms with Gasteiger partial charge in [0.25, 0.3) is 30.4 Å². The third-order valence-corrected chi connectivity index (χ3v) is 18.8. The van der Waals surface area contributed by atoms with E-state index in [0.717, 1.165) is 23.4 Å². The Balaban J connectivity index is 1.51. The number of nitrogens with one attached hydrogen (secondary N) is 1. The molecule has 434 valence electrons. The zero-order valence-corrected chi connectivity index (χ0v) is 51.9. The molecular formula is C54H60N10O12S6. The monoisotopic (exact) mass is 1230 g/mol. The normalized spacial score (nSPS) is 12.8. The van der Waals surface area contributed by atoms with E-state index in [2.05, 4.69) is 20.8 Å². The minimum atomic E-state index is -4.93. The van der Waals surface area contributed by atoms with Crippen molar-refractivity contribution in [1.82, 2.24) is 24.7 Å². The molecule has 82 heavy (non-hydrogen) atoms. The van der Waals surface area contributed by atoms with E-state index in [1.54, 1.807) is 89.8 Å². The number of hydrogen-bond donors (Lipinski definition) is 5. The van der Waals surface area contributed by atoms with Crippen LogP contribution in [-0.2, 0) is 45.1 Å². The van der Waals surface area contributed by atoms with Crippen molar-refractivity contribution in [3.05, 3.63) is 105 Å². The first kappa shape index (κ1) is 61.7. The average molecular weight is 1230 g/mol. The Hall–Kier alpha value is -6.33. The molecule has 5 N–H and O–H groups in total. The van der Waals surface area contributed by atoms with E-state index < -0.39 is 52.5 Å². The van der Waals surface area contributed by atoms with Crippen LogP contribution in [0.15, 0.2) is 84.4 Å². The van der Waals surface area contributed by atoms with Crippen LogP contribution in [-0.4, -0.2) is 68.9 Å². The molecule has 0 unspecified atom stereocenters. The second-order valence-electron chi connectivity index (χ2n) is 21.8. The standard InChI is InChI=1S/C54H60N10O12S6/c1-25(2)34-19-30(10)47(81(69,70)71)42(27(5)6)45(34)59-50-44(60-61-51-36(24-55)49(54(12,13)14)62-64(51)53-57-37-17-15-32(79-76-75-65)22-39(37)78-53)29(9)21-41(58-50)63(52-56-38-18-16-33(80(66,67)68)23-40(38)77-52)46-35(26(3)4)20-31(11)48(82(72,73)74)43(46)28(7)8/h15-23,25-28,65H,1-14H3,(H,58,59)(H,66,67,68)(H,69,70,71)(H,72,73,74). The number of azo groups is 1. The number of hydrogen-bond acceptors (Lipinski definition) is 21. The number of nitrogens with zero attached hydrogens (tertiary/aromatic N) is 9. The van der Waals surface area contributed by atoms with Crippen LogP contribution in [0, 0.1) is 32.1 Å².